The van der Waals surface area contributed by atoms with Crippen LogP contribution in [-0.4, -0.2) is 11.7 Å². The number of unbranched alkanes of at least 4 members (excludes halogenated alkanes) is 1. The van der Waals surface area contributed by atoms with Gasteiger partial charge in [-0.15, -0.1) is 0 Å². The number of hydrogen-bond donors (Lipinski definition) is 2. The van der Waals surface area contributed by atoms with Crippen LogP contribution in [-0.2, 0) is 13.2 Å². The van der Waals surface area contributed by atoms with Crippen molar-refractivity contribution in [3.05, 3.63) is 59.7 Å². The summed E-state index contributed by atoms with van der Waals surface area (Å²) >= 11 is 0. The van der Waals surface area contributed by atoms with Gasteiger partial charge in [-0.2, -0.15) is 0 Å². The van der Waals surface area contributed by atoms with E-state index in [-0.39, 0.29) is 6.61 Å². The number of aliphatic hydroxyl groups is 1. The topological polar surface area (TPSA) is 41.5 Å². The summed E-state index contributed by atoms with van der Waals surface area (Å²) < 4.78 is 5.65. The van der Waals surface area contributed by atoms with Crippen LogP contribution >= 0.6 is 0 Å². The minimum Gasteiger partial charge on any atom is -0.494 e. The highest BCUT2D eigenvalue weighted by Gasteiger charge is 1.98. The molecule has 0 saturated carbocycles. The molecule has 0 radical (unpaired) electrons. The van der Waals surface area contributed by atoms with E-state index in [1.54, 1.807) is 0 Å². The summed E-state index contributed by atoms with van der Waals surface area (Å²) in [6, 6.07) is 16.0. The van der Waals surface area contributed by atoms with Crippen LogP contribution in [0.1, 0.15) is 30.9 Å². The molecule has 0 bridgehead atoms. The third-order valence-electron chi connectivity index (χ3n) is 3.30. The second kappa shape index (κ2) is 8.32. The number of ether oxygens (including phenoxy) is 1. The molecule has 2 aromatic carbocycles. The molecule has 3 nitrogen and oxygen atoms in total. The minimum atomic E-state index is 0.0688. The van der Waals surface area contributed by atoms with Crippen molar-refractivity contribution in [1.29, 1.82) is 0 Å². The molecule has 0 amide bonds. The van der Waals surface area contributed by atoms with E-state index >= 15 is 0 Å². The third-order valence-corrected chi connectivity index (χ3v) is 3.30. The molecule has 0 aliphatic rings. The zero-order chi connectivity index (χ0) is 14.9. The summed E-state index contributed by atoms with van der Waals surface area (Å²) in [5, 5.41) is 12.5. The fraction of sp³-hybridized carbons (Fsp3) is 0.333. The first-order valence-corrected chi connectivity index (χ1v) is 7.47. The molecular weight excluding hydrogens is 262 g/mol. The van der Waals surface area contributed by atoms with Gasteiger partial charge in [0.25, 0.3) is 0 Å². The molecule has 0 aliphatic carbocycles. The molecule has 2 aromatic rings. The molecule has 21 heavy (non-hydrogen) atoms. The summed E-state index contributed by atoms with van der Waals surface area (Å²) in [5.41, 5.74) is 3.14. The molecule has 0 spiro atoms. The zero-order valence-electron chi connectivity index (χ0n) is 12.5. The maximum Gasteiger partial charge on any atom is 0.119 e. The average Bonchev–Trinajstić information content (AvgIpc) is 2.54. The summed E-state index contributed by atoms with van der Waals surface area (Å²) in [4.78, 5) is 0. The van der Waals surface area contributed by atoms with Crippen LogP contribution in [0.3, 0.4) is 0 Å². The van der Waals surface area contributed by atoms with Gasteiger partial charge in [-0.25, -0.2) is 0 Å². The predicted octanol–water partition coefficient (Wildman–Crippen LogP) is 3.97. The van der Waals surface area contributed by atoms with Gasteiger partial charge in [0.1, 0.15) is 5.75 Å². The van der Waals surface area contributed by atoms with Gasteiger partial charge in [0.15, 0.2) is 0 Å². The molecule has 0 unspecified atom stereocenters. The minimum absolute atomic E-state index is 0.0688. The Morgan fingerprint density at radius 2 is 1.86 bits per heavy atom. The van der Waals surface area contributed by atoms with Crippen LogP contribution in [0.15, 0.2) is 48.5 Å². The van der Waals surface area contributed by atoms with Crippen molar-refractivity contribution in [2.75, 3.05) is 11.9 Å². The largest absolute Gasteiger partial charge is 0.494 e. The molecule has 3 heteroatoms. The van der Waals surface area contributed by atoms with Gasteiger partial charge in [0.05, 0.1) is 13.2 Å². The van der Waals surface area contributed by atoms with E-state index in [2.05, 4.69) is 24.4 Å². The molecule has 2 rings (SSSR count). The third kappa shape index (κ3) is 5.12. The number of aliphatic hydroxyl groups excluding tert-OH is 1. The van der Waals surface area contributed by atoms with E-state index in [0.717, 1.165) is 43.0 Å². The van der Waals surface area contributed by atoms with E-state index in [0.29, 0.717) is 0 Å². The van der Waals surface area contributed by atoms with Crippen LogP contribution in [0, 0.1) is 0 Å². The molecule has 0 aliphatic heterocycles. The summed E-state index contributed by atoms with van der Waals surface area (Å²) in [7, 11) is 0. The Morgan fingerprint density at radius 1 is 1.05 bits per heavy atom. The quantitative estimate of drug-likeness (QED) is 0.721. The van der Waals surface area contributed by atoms with Gasteiger partial charge in [0, 0.05) is 12.2 Å². The molecule has 0 heterocycles. The average molecular weight is 285 g/mol. The first-order chi connectivity index (χ1) is 10.3. The van der Waals surface area contributed by atoms with E-state index in [1.165, 1.54) is 5.56 Å². The van der Waals surface area contributed by atoms with Gasteiger partial charge in [-0.05, 0) is 41.8 Å². The number of benzene rings is 2. The van der Waals surface area contributed by atoms with E-state index < -0.39 is 0 Å². The highest BCUT2D eigenvalue weighted by Crippen LogP contribution is 2.15. The Balaban J connectivity index is 1.85. The Kier molecular flexibility index (Phi) is 6.10. The van der Waals surface area contributed by atoms with E-state index in [4.69, 9.17) is 9.84 Å². The smallest absolute Gasteiger partial charge is 0.119 e. The highest BCUT2D eigenvalue weighted by molar-refractivity contribution is 5.46. The van der Waals surface area contributed by atoms with Crippen LogP contribution < -0.4 is 10.1 Å². The number of hydrogen-bond acceptors (Lipinski definition) is 3. The van der Waals surface area contributed by atoms with E-state index in [9.17, 15) is 0 Å². The number of nitrogens with one attached hydrogen (secondary N) is 1. The van der Waals surface area contributed by atoms with Gasteiger partial charge < -0.3 is 15.2 Å². The van der Waals surface area contributed by atoms with Crippen molar-refractivity contribution >= 4 is 5.69 Å². The van der Waals surface area contributed by atoms with Crippen LogP contribution in [0.5, 0.6) is 5.75 Å². The molecule has 112 valence electrons. The Hall–Kier alpha value is -2.00. The fourth-order valence-electron chi connectivity index (χ4n) is 2.02. The number of rotatable bonds is 8. The fourth-order valence-corrected chi connectivity index (χ4v) is 2.02. The van der Waals surface area contributed by atoms with Crippen molar-refractivity contribution in [2.24, 2.45) is 0 Å². The molecular formula is C18H23NO2. The maximum atomic E-state index is 9.12. The molecule has 0 aromatic heterocycles. The number of anilines is 1. The van der Waals surface area contributed by atoms with Crippen molar-refractivity contribution in [3.63, 3.8) is 0 Å². The van der Waals surface area contributed by atoms with Crippen molar-refractivity contribution in [3.8, 4) is 5.75 Å². The normalized spacial score (nSPS) is 10.4. The first-order valence-electron chi connectivity index (χ1n) is 7.47. The first kappa shape index (κ1) is 15.4. The molecule has 2 N–H and O–H groups in total. The van der Waals surface area contributed by atoms with Crippen LogP contribution in [0.25, 0.3) is 0 Å². The molecule has 0 saturated heterocycles. The SMILES string of the molecule is CCCCOc1ccc(CNc2cccc(CO)c2)cc1. The Labute approximate surface area is 126 Å². The molecule has 0 fully saturated rings. The van der Waals surface area contributed by atoms with E-state index in [1.807, 2.05) is 36.4 Å². The van der Waals surface area contributed by atoms with Gasteiger partial charge >= 0.3 is 0 Å². The van der Waals surface area contributed by atoms with Crippen molar-refractivity contribution in [2.45, 2.75) is 32.9 Å². The van der Waals surface area contributed by atoms with Crippen molar-refractivity contribution in [1.82, 2.24) is 0 Å². The van der Waals surface area contributed by atoms with Gasteiger partial charge in [0.2, 0.25) is 0 Å². The zero-order valence-corrected chi connectivity index (χ0v) is 12.5. The summed E-state index contributed by atoms with van der Waals surface area (Å²) in [6.45, 7) is 3.76. The monoisotopic (exact) mass is 285 g/mol. The van der Waals surface area contributed by atoms with Gasteiger partial charge in [-0.3, -0.25) is 0 Å². The summed E-state index contributed by atoms with van der Waals surface area (Å²) in [6.07, 6.45) is 2.24. The van der Waals surface area contributed by atoms with Crippen LogP contribution in [0.2, 0.25) is 0 Å². The Morgan fingerprint density at radius 3 is 2.57 bits per heavy atom. The molecule has 0 atom stereocenters. The second-order valence-corrected chi connectivity index (χ2v) is 5.06. The lowest BCUT2D eigenvalue weighted by atomic mass is 10.2. The Bertz CT molecular complexity index is 537. The van der Waals surface area contributed by atoms with Gasteiger partial charge in [-0.1, -0.05) is 37.6 Å². The summed E-state index contributed by atoms with van der Waals surface area (Å²) in [5.74, 6) is 0.925. The maximum absolute atomic E-state index is 9.12. The van der Waals surface area contributed by atoms with Crippen molar-refractivity contribution < 1.29 is 9.84 Å². The lowest BCUT2D eigenvalue weighted by Gasteiger charge is -2.09. The second-order valence-electron chi connectivity index (χ2n) is 5.06. The lowest BCUT2D eigenvalue weighted by molar-refractivity contribution is 0.282. The highest BCUT2D eigenvalue weighted by atomic mass is 16.5. The predicted molar refractivity (Wildman–Crippen MR) is 86.5 cm³/mol. The lowest BCUT2D eigenvalue weighted by Crippen LogP contribution is -2.00. The van der Waals surface area contributed by atoms with Crippen LogP contribution in [0.4, 0.5) is 5.69 Å². The standard InChI is InChI=1S/C18H23NO2/c1-2-3-11-21-18-9-7-15(8-10-18)13-19-17-6-4-5-16(12-17)14-20/h4-10,12,19-20H,2-3,11,13-14H2,1H3.